The van der Waals surface area contributed by atoms with E-state index in [1.165, 1.54) is 27.4 Å². The predicted molar refractivity (Wildman–Crippen MR) is 60.7 cm³/mol. The minimum atomic E-state index is -0.823. The summed E-state index contributed by atoms with van der Waals surface area (Å²) in [7, 11) is 4.12. The monoisotopic (exact) mass is 240 g/mol. The number of rotatable bonds is 5. The van der Waals surface area contributed by atoms with Gasteiger partial charge in [-0.05, 0) is 6.07 Å². The Balaban J connectivity index is 3.14. The number of hydrogen-bond acceptors (Lipinski definition) is 5. The van der Waals surface area contributed by atoms with E-state index in [2.05, 4.69) is 0 Å². The Bertz CT molecular complexity index is 373. The lowest BCUT2D eigenvalue weighted by atomic mass is 9.97. The molecule has 0 aromatic heterocycles. The summed E-state index contributed by atoms with van der Waals surface area (Å²) in [5.74, 6) is -1.35. The van der Waals surface area contributed by atoms with Gasteiger partial charge in [0.05, 0.1) is 7.11 Å². The average molecular weight is 240 g/mol. The summed E-state index contributed by atoms with van der Waals surface area (Å²) in [4.78, 5) is 11.7. The molecule has 0 saturated carbocycles. The molecule has 17 heavy (non-hydrogen) atoms. The molecule has 0 saturated heterocycles. The number of carbonyl (C=O) groups is 1. The molecule has 94 valence electrons. The van der Waals surface area contributed by atoms with E-state index in [0.717, 1.165) is 0 Å². The largest absolute Gasteiger partial charge is 0.508 e. The second-order valence-electron chi connectivity index (χ2n) is 3.40. The van der Waals surface area contributed by atoms with Gasteiger partial charge in [0.1, 0.15) is 11.7 Å². The highest BCUT2D eigenvalue weighted by atomic mass is 16.7. The van der Waals surface area contributed by atoms with Gasteiger partial charge in [-0.25, -0.2) is 0 Å². The van der Waals surface area contributed by atoms with Gasteiger partial charge >= 0.3 is 5.97 Å². The van der Waals surface area contributed by atoms with Crippen LogP contribution in [-0.2, 0) is 19.0 Å². The Kier molecular flexibility index (Phi) is 4.93. The number of ether oxygens (including phenoxy) is 3. The van der Waals surface area contributed by atoms with E-state index < -0.39 is 18.2 Å². The van der Waals surface area contributed by atoms with Crippen LogP contribution in [-0.4, -0.2) is 38.7 Å². The Hall–Kier alpha value is -1.59. The van der Waals surface area contributed by atoms with Crippen molar-refractivity contribution in [3.63, 3.8) is 0 Å². The molecule has 1 aromatic carbocycles. The number of phenols is 1. The number of methoxy groups -OCH3 is 3. The number of aromatic hydroxyl groups is 1. The standard InChI is InChI=1S/C12H16O5/c1-15-11(14)10(12(16-2)17-3)8-6-4-5-7-9(8)13/h4-7,10,12-13H,1-3H3. The third kappa shape index (κ3) is 2.95. The number of esters is 1. The smallest absolute Gasteiger partial charge is 0.318 e. The van der Waals surface area contributed by atoms with Gasteiger partial charge in [-0.15, -0.1) is 0 Å². The lowest BCUT2D eigenvalue weighted by Gasteiger charge is -2.23. The molecule has 0 amide bonds. The van der Waals surface area contributed by atoms with Crippen LogP contribution in [0.2, 0.25) is 0 Å². The van der Waals surface area contributed by atoms with Crippen molar-refractivity contribution in [1.29, 1.82) is 0 Å². The molecule has 0 aliphatic rings. The molecular weight excluding hydrogens is 224 g/mol. The normalized spacial score (nSPS) is 12.5. The van der Waals surface area contributed by atoms with Gasteiger partial charge < -0.3 is 19.3 Å². The van der Waals surface area contributed by atoms with E-state index >= 15 is 0 Å². The van der Waals surface area contributed by atoms with Crippen LogP contribution in [0.15, 0.2) is 24.3 Å². The van der Waals surface area contributed by atoms with Gasteiger partial charge in [0, 0.05) is 19.8 Å². The lowest BCUT2D eigenvalue weighted by Crippen LogP contribution is -2.30. The molecule has 0 bridgehead atoms. The van der Waals surface area contributed by atoms with Crippen molar-refractivity contribution in [2.45, 2.75) is 12.2 Å². The minimum absolute atomic E-state index is 0.00185. The van der Waals surface area contributed by atoms with Crippen molar-refractivity contribution in [2.75, 3.05) is 21.3 Å². The van der Waals surface area contributed by atoms with Crippen LogP contribution in [0.5, 0.6) is 5.75 Å². The van der Waals surface area contributed by atoms with Gasteiger partial charge in [-0.2, -0.15) is 0 Å². The van der Waals surface area contributed by atoms with E-state index in [-0.39, 0.29) is 5.75 Å². The maximum atomic E-state index is 11.7. The zero-order chi connectivity index (χ0) is 12.8. The summed E-state index contributed by atoms with van der Waals surface area (Å²) in [6, 6.07) is 6.50. The van der Waals surface area contributed by atoms with Crippen LogP contribution in [0, 0.1) is 0 Å². The molecule has 1 aromatic rings. The average Bonchev–Trinajstić information content (AvgIpc) is 2.36. The number of phenolic OH excluding ortho intramolecular Hbond substituents is 1. The molecule has 1 rings (SSSR count). The van der Waals surface area contributed by atoms with Crippen molar-refractivity contribution >= 4 is 5.97 Å². The number of hydrogen-bond donors (Lipinski definition) is 1. The number of carbonyl (C=O) groups excluding carboxylic acids is 1. The van der Waals surface area contributed by atoms with Crippen molar-refractivity contribution < 1.29 is 24.1 Å². The van der Waals surface area contributed by atoms with Gasteiger partial charge in [-0.3, -0.25) is 4.79 Å². The second-order valence-corrected chi connectivity index (χ2v) is 3.40. The van der Waals surface area contributed by atoms with E-state index in [1.807, 2.05) is 0 Å². The molecule has 0 spiro atoms. The molecule has 0 radical (unpaired) electrons. The first-order chi connectivity index (χ1) is 8.15. The summed E-state index contributed by atoms with van der Waals surface area (Å²) in [6.07, 6.45) is -0.809. The summed E-state index contributed by atoms with van der Waals surface area (Å²) in [5.41, 5.74) is 0.410. The summed E-state index contributed by atoms with van der Waals surface area (Å²) >= 11 is 0. The van der Waals surface area contributed by atoms with E-state index in [4.69, 9.17) is 14.2 Å². The summed E-state index contributed by atoms with van der Waals surface area (Å²) in [6.45, 7) is 0. The van der Waals surface area contributed by atoms with Crippen molar-refractivity contribution in [1.82, 2.24) is 0 Å². The number of para-hydroxylation sites is 1. The fraction of sp³-hybridized carbons (Fsp3) is 0.417. The molecule has 5 heteroatoms. The Morgan fingerprint density at radius 3 is 2.24 bits per heavy atom. The second kappa shape index (κ2) is 6.22. The van der Waals surface area contributed by atoms with E-state index in [1.54, 1.807) is 18.2 Å². The fourth-order valence-electron chi connectivity index (χ4n) is 1.63. The Morgan fingerprint density at radius 1 is 1.18 bits per heavy atom. The summed E-state index contributed by atoms with van der Waals surface area (Å²) < 4.78 is 14.8. The van der Waals surface area contributed by atoms with Gasteiger partial charge in [0.25, 0.3) is 0 Å². The van der Waals surface area contributed by atoms with Crippen LogP contribution in [0.3, 0.4) is 0 Å². The van der Waals surface area contributed by atoms with Crippen molar-refractivity contribution in [2.24, 2.45) is 0 Å². The number of benzene rings is 1. The summed E-state index contributed by atoms with van der Waals surface area (Å²) in [5, 5.41) is 9.75. The van der Waals surface area contributed by atoms with Crippen molar-refractivity contribution in [3.05, 3.63) is 29.8 Å². The Labute approximate surface area is 99.9 Å². The van der Waals surface area contributed by atoms with Crippen molar-refractivity contribution in [3.8, 4) is 5.75 Å². The third-order valence-corrected chi connectivity index (χ3v) is 2.46. The molecule has 0 fully saturated rings. The minimum Gasteiger partial charge on any atom is -0.508 e. The quantitative estimate of drug-likeness (QED) is 0.620. The van der Waals surface area contributed by atoms with Crippen LogP contribution < -0.4 is 0 Å². The third-order valence-electron chi connectivity index (χ3n) is 2.46. The first-order valence-corrected chi connectivity index (χ1v) is 5.07. The molecule has 0 aliphatic carbocycles. The highest BCUT2D eigenvalue weighted by Gasteiger charge is 2.33. The molecule has 0 heterocycles. The maximum absolute atomic E-state index is 11.7. The lowest BCUT2D eigenvalue weighted by molar-refractivity contribution is -0.163. The zero-order valence-corrected chi connectivity index (χ0v) is 10.0. The van der Waals surface area contributed by atoms with Gasteiger partial charge in [0.2, 0.25) is 0 Å². The molecule has 1 atom stereocenters. The molecular formula is C12H16O5. The van der Waals surface area contributed by atoms with Crippen LogP contribution >= 0.6 is 0 Å². The Morgan fingerprint density at radius 2 is 1.76 bits per heavy atom. The van der Waals surface area contributed by atoms with Crippen LogP contribution in [0.25, 0.3) is 0 Å². The SMILES string of the molecule is COC(=O)C(c1ccccc1O)C(OC)OC. The predicted octanol–water partition coefficient (Wildman–Crippen LogP) is 1.27. The molecule has 0 aliphatic heterocycles. The molecule has 1 N–H and O–H groups in total. The van der Waals surface area contributed by atoms with Gasteiger partial charge in [-0.1, -0.05) is 18.2 Å². The van der Waals surface area contributed by atoms with E-state index in [0.29, 0.717) is 5.56 Å². The fourth-order valence-corrected chi connectivity index (χ4v) is 1.63. The topological polar surface area (TPSA) is 65.0 Å². The first kappa shape index (κ1) is 13.5. The first-order valence-electron chi connectivity index (χ1n) is 5.07. The zero-order valence-electron chi connectivity index (χ0n) is 10.0. The van der Waals surface area contributed by atoms with Gasteiger partial charge in [0.15, 0.2) is 6.29 Å². The maximum Gasteiger partial charge on any atom is 0.318 e. The molecule has 5 nitrogen and oxygen atoms in total. The van der Waals surface area contributed by atoms with Crippen LogP contribution in [0.4, 0.5) is 0 Å². The highest BCUT2D eigenvalue weighted by molar-refractivity contribution is 5.79. The highest BCUT2D eigenvalue weighted by Crippen LogP contribution is 2.30. The van der Waals surface area contributed by atoms with E-state index in [9.17, 15) is 9.90 Å². The van der Waals surface area contributed by atoms with Crippen LogP contribution in [0.1, 0.15) is 11.5 Å². The molecule has 1 unspecified atom stereocenters.